The number of rotatable bonds is 6. The van der Waals surface area contributed by atoms with Crippen molar-refractivity contribution in [2.24, 2.45) is 0 Å². The van der Waals surface area contributed by atoms with Crippen molar-refractivity contribution in [1.82, 2.24) is 4.98 Å². The summed E-state index contributed by atoms with van der Waals surface area (Å²) >= 11 is 3.32. The van der Waals surface area contributed by atoms with E-state index in [-0.39, 0.29) is 11.7 Å². The van der Waals surface area contributed by atoms with E-state index in [9.17, 15) is 9.59 Å². The maximum absolute atomic E-state index is 12.0. The fourth-order valence-corrected chi connectivity index (χ4v) is 2.75. The Balaban J connectivity index is 1.56. The number of benzene rings is 2. The first-order valence-electron chi connectivity index (χ1n) is 8.37. The van der Waals surface area contributed by atoms with Gasteiger partial charge in [-0.2, -0.15) is 0 Å². The molecule has 134 valence electrons. The minimum Gasteiger partial charge on any atom is -0.323 e. The highest BCUT2D eigenvalue weighted by atomic mass is 79.9. The Morgan fingerprint density at radius 1 is 0.852 bits per heavy atom. The first kappa shape index (κ1) is 18.7. The summed E-state index contributed by atoms with van der Waals surface area (Å²) in [5.74, 6) is -0.562. The lowest BCUT2D eigenvalue weighted by molar-refractivity contribution is -0.111. The van der Waals surface area contributed by atoms with E-state index in [1.807, 2.05) is 36.4 Å². The molecule has 27 heavy (non-hydrogen) atoms. The van der Waals surface area contributed by atoms with Crippen molar-refractivity contribution in [3.05, 3.63) is 106 Å². The van der Waals surface area contributed by atoms with Crippen molar-refractivity contribution in [2.45, 2.75) is 6.42 Å². The number of ketones is 1. The Kier molecular flexibility index (Phi) is 6.28. The molecule has 0 aliphatic heterocycles. The number of carbonyl (C=O) groups is 2. The number of allylic oxidation sites excluding steroid dienone is 1. The van der Waals surface area contributed by atoms with Crippen molar-refractivity contribution in [3.8, 4) is 0 Å². The van der Waals surface area contributed by atoms with Gasteiger partial charge < -0.3 is 5.32 Å². The zero-order valence-electron chi connectivity index (χ0n) is 14.4. The number of amides is 1. The Bertz CT molecular complexity index is 950. The van der Waals surface area contributed by atoms with Crippen molar-refractivity contribution in [3.63, 3.8) is 0 Å². The number of halogens is 1. The van der Waals surface area contributed by atoms with Crippen LogP contribution < -0.4 is 5.32 Å². The molecule has 0 fully saturated rings. The molecule has 2 aromatic carbocycles. The number of nitrogens with one attached hydrogen (secondary N) is 1. The molecule has 1 heterocycles. The average molecular weight is 421 g/mol. The maximum Gasteiger partial charge on any atom is 0.248 e. The van der Waals surface area contributed by atoms with E-state index < -0.39 is 0 Å². The van der Waals surface area contributed by atoms with Gasteiger partial charge in [-0.15, -0.1) is 0 Å². The Morgan fingerprint density at radius 3 is 2.15 bits per heavy atom. The molecule has 0 radical (unpaired) electrons. The molecule has 3 rings (SSSR count). The van der Waals surface area contributed by atoms with Gasteiger partial charge in [-0.05, 0) is 72.2 Å². The number of aromatic nitrogens is 1. The van der Waals surface area contributed by atoms with Gasteiger partial charge in [-0.1, -0.05) is 28.1 Å². The molecule has 4 nitrogen and oxygen atoms in total. The van der Waals surface area contributed by atoms with Crippen molar-refractivity contribution < 1.29 is 9.59 Å². The molecular formula is C22H17BrN2O2. The number of carbonyl (C=O) groups excluding carboxylic acids is 2. The number of hydrogen-bond acceptors (Lipinski definition) is 3. The van der Waals surface area contributed by atoms with Gasteiger partial charge in [0.2, 0.25) is 5.91 Å². The van der Waals surface area contributed by atoms with Crippen LogP contribution in [0.2, 0.25) is 0 Å². The summed E-state index contributed by atoms with van der Waals surface area (Å²) < 4.78 is 0.896. The molecule has 0 aliphatic carbocycles. The van der Waals surface area contributed by atoms with Crippen LogP contribution >= 0.6 is 15.9 Å². The second-order valence-electron chi connectivity index (χ2n) is 5.92. The fraction of sp³-hybridized carbons (Fsp3) is 0.0455. The van der Waals surface area contributed by atoms with Gasteiger partial charge in [0.05, 0.1) is 0 Å². The summed E-state index contributed by atoms with van der Waals surface area (Å²) in [6, 6.07) is 18.6. The maximum atomic E-state index is 12.0. The van der Waals surface area contributed by atoms with Crippen LogP contribution in [0.5, 0.6) is 0 Å². The quantitative estimate of drug-likeness (QED) is 0.459. The van der Waals surface area contributed by atoms with Crippen LogP contribution in [0.4, 0.5) is 5.69 Å². The van der Waals surface area contributed by atoms with E-state index in [0.29, 0.717) is 11.3 Å². The van der Waals surface area contributed by atoms with Gasteiger partial charge >= 0.3 is 0 Å². The lowest BCUT2D eigenvalue weighted by atomic mass is 10.1. The predicted octanol–water partition coefficient (Wildman–Crippen LogP) is 4.81. The van der Waals surface area contributed by atoms with Gasteiger partial charge in [0.1, 0.15) is 0 Å². The minimum absolute atomic E-state index is 0.217. The van der Waals surface area contributed by atoms with E-state index >= 15 is 0 Å². The monoisotopic (exact) mass is 420 g/mol. The third-order valence-electron chi connectivity index (χ3n) is 3.89. The van der Waals surface area contributed by atoms with Crippen molar-refractivity contribution in [1.29, 1.82) is 0 Å². The molecule has 0 unspecified atom stereocenters. The highest BCUT2D eigenvalue weighted by Crippen LogP contribution is 2.14. The topological polar surface area (TPSA) is 59.1 Å². The molecule has 0 saturated heterocycles. The Hall–Kier alpha value is -3.05. The van der Waals surface area contributed by atoms with Crippen molar-refractivity contribution >= 4 is 33.3 Å². The van der Waals surface area contributed by atoms with Crippen LogP contribution in [0.1, 0.15) is 21.5 Å². The Labute approximate surface area is 166 Å². The van der Waals surface area contributed by atoms with Crippen LogP contribution in [0.3, 0.4) is 0 Å². The molecule has 0 saturated carbocycles. The summed E-state index contributed by atoms with van der Waals surface area (Å²) in [6.07, 6.45) is 6.86. The first-order valence-corrected chi connectivity index (χ1v) is 9.16. The second-order valence-corrected chi connectivity index (χ2v) is 6.84. The standard InChI is InChI=1S/C22H17BrN2O2/c23-19-5-3-18(4-6-19)21(26)9-10-22(27)25-20-7-1-16(2-8-20)15-17-11-13-24-14-12-17/h1-14H,15H2,(H,25,27)/b10-9+. The van der Waals surface area contributed by atoms with Gasteiger partial charge in [0.25, 0.3) is 0 Å². The number of nitrogens with zero attached hydrogens (tertiary/aromatic N) is 1. The highest BCUT2D eigenvalue weighted by Gasteiger charge is 2.04. The molecule has 1 N–H and O–H groups in total. The normalized spacial score (nSPS) is 10.7. The average Bonchev–Trinajstić information content (AvgIpc) is 2.69. The molecule has 0 aliphatic rings. The van der Waals surface area contributed by atoms with E-state index in [2.05, 4.69) is 26.2 Å². The van der Waals surface area contributed by atoms with Crippen LogP contribution in [-0.2, 0) is 11.2 Å². The summed E-state index contributed by atoms with van der Waals surface area (Å²) in [5, 5.41) is 2.75. The van der Waals surface area contributed by atoms with E-state index in [4.69, 9.17) is 0 Å². The molecule has 0 atom stereocenters. The predicted molar refractivity (Wildman–Crippen MR) is 110 cm³/mol. The summed E-state index contributed by atoms with van der Waals surface area (Å²) in [4.78, 5) is 28.1. The largest absolute Gasteiger partial charge is 0.323 e. The Morgan fingerprint density at radius 2 is 1.48 bits per heavy atom. The SMILES string of the molecule is O=C(/C=C/C(=O)c1ccc(Br)cc1)Nc1ccc(Cc2ccncc2)cc1. The third kappa shape index (κ3) is 5.72. The van der Waals surface area contributed by atoms with Crippen LogP contribution in [0.25, 0.3) is 0 Å². The summed E-state index contributed by atoms with van der Waals surface area (Å²) in [7, 11) is 0. The minimum atomic E-state index is -0.345. The molecule has 1 aromatic heterocycles. The van der Waals surface area contributed by atoms with E-state index in [1.54, 1.807) is 36.7 Å². The molecular weight excluding hydrogens is 404 g/mol. The van der Waals surface area contributed by atoms with Gasteiger partial charge in [-0.25, -0.2) is 0 Å². The summed E-state index contributed by atoms with van der Waals surface area (Å²) in [5.41, 5.74) is 3.53. The van der Waals surface area contributed by atoms with Gasteiger partial charge in [-0.3, -0.25) is 14.6 Å². The molecule has 0 bridgehead atoms. The highest BCUT2D eigenvalue weighted by molar-refractivity contribution is 9.10. The molecule has 1 amide bonds. The molecule has 0 spiro atoms. The van der Waals surface area contributed by atoms with E-state index in [0.717, 1.165) is 16.5 Å². The van der Waals surface area contributed by atoms with E-state index in [1.165, 1.54) is 17.7 Å². The third-order valence-corrected chi connectivity index (χ3v) is 4.42. The number of pyridine rings is 1. The molecule has 5 heteroatoms. The van der Waals surface area contributed by atoms with Crippen molar-refractivity contribution in [2.75, 3.05) is 5.32 Å². The van der Waals surface area contributed by atoms with Crippen LogP contribution in [0.15, 0.2) is 89.7 Å². The van der Waals surface area contributed by atoms with Crippen LogP contribution in [0, 0.1) is 0 Å². The van der Waals surface area contributed by atoms with Gasteiger partial charge in [0, 0.05) is 34.2 Å². The molecule has 3 aromatic rings. The smallest absolute Gasteiger partial charge is 0.248 e. The lowest BCUT2D eigenvalue weighted by Gasteiger charge is -2.05. The first-order chi connectivity index (χ1) is 13.1. The fourth-order valence-electron chi connectivity index (χ4n) is 2.49. The number of hydrogen-bond donors (Lipinski definition) is 1. The zero-order chi connectivity index (χ0) is 19.1. The lowest BCUT2D eigenvalue weighted by Crippen LogP contribution is -2.08. The zero-order valence-corrected chi connectivity index (χ0v) is 16.0. The van der Waals surface area contributed by atoms with Crippen LogP contribution in [-0.4, -0.2) is 16.7 Å². The second kappa shape index (κ2) is 9.05. The summed E-state index contributed by atoms with van der Waals surface area (Å²) in [6.45, 7) is 0. The van der Waals surface area contributed by atoms with Gasteiger partial charge in [0.15, 0.2) is 5.78 Å². The number of anilines is 1.